The highest BCUT2D eigenvalue weighted by Gasteiger charge is 2.36. The molecule has 2 aliphatic rings. The maximum atomic E-state index is 12.6. The summed E-state index contributed by atoms with van der Waals surface area (Å²) in [6, 6.07) is 5.68. The van der Waals surface area contributed by atoms with Crippen LogP contribution < -0.4 is 5.32 Å². The average Bonchev–Trinajstić information content (AvgIpc) is 2.88. The SMILES string of the molecule is FC(F)(F)c1cccc(CN2CC3CNCC3C2)c1. The van der Waals surface area contributed by atoms with Crippen LogP contribution in [0.25, 0.3) is 0 Å². The lowest BCUT2D eigenvalue weighted by Crippen LogP contribution is -2.25. The van der Waals surface area contributed by atoms with Crippen molar-refractivity contribution in [3.8, 4) is 0 Å². The van der Waals surface area contributed by atoms with Crippen molar-refractivity contribution in [3.63, 3.8) is 0 Å². The molecule has 0 bridgehead atoms. The first-order chi connectivity index (χ1) is 9.02. The van der Waals surface area contributed by atoms with Gasteiger partial charge in [0.15, 0.2) is 0 Å². The van der Waals surface area contributed by atoms with E-state index in [1.54, 1.807) is 6.07 Å². The normalized spacial score (nSPS) is 27.7. The molecular formula is C14H17F3N2. The molecule has 1 N–H and O–H groups in total. The highest BCUT2D eigenvalue weighted by Crippen LogP contribution is 2.31. The number of fused-ring (bicyclic) bond motifs is 1. The standard InChI is InChI=1S/C14H17F3N2/c15-14(16,17)13-3-1-2-10(4-13)7-19-8-11-5-18-6-12(11)9-19/h1-4,11-12,18H,5-9H2. The highest BCUT2D eigenvalue weighted by atomic mass is 19.4. The Balaban J connectivity index is 1.67. The largest absolute Gasteiger partial charge is 0.416 e. The van der Waals surface area contributed by atoms with Gasteiger partial charge >= 0.3 is 6.18 Å². The van der Waals surface area contributed by atoms with E-state index in [9.17, 15) is 13.2 Å². The molecule has 0 radical (unpaired) electrons. The van der Waals surface area contributed by atoms with Crippen molar-refractivity contribution in [3.05, 3.63) is 35.4 Å². The minimum absolute atomic E-state index is 0.550. The maximum Gasteiger partial charge on any atom is 0.416 e. The molecule has 2 nitrogen and oxygen atoms in total. The third kappa shape index (κ3) is 2.77. The van der Waals surface area contributed by atoms with E-state index in [1.165, 1.54) is 12.1 Å². The van der Waals surface area contributed by atoms with Crippen LogP contribution in [0, 0.1) is 11.8 Å². The number of hydrogen-bond donors (Lipinski definition) is 1. The first-order valence-electron chi connectivity index (χ1n) is 6.61. The van der Waals surface area contributed by atoms with Crippen LogP contribution in [0.15, 0.2) is 24.3 Å². The van der Waals surface area contributed by atoms with E-state index in [2.05, 4.69) is 10.2 Å². The van der Waals surface area contributed by atoms with Crippen LogP contribution in [-0.4, -0.2) is 31.1 Å². The van der Waals surface area contributed by atoms with Crippen molar-refractivity contribution >= 4 is 0 Å². The molecule has 104 valence electrons. The fraction of sp³-hybridized carbons (Fsp3) is 0.571. The molecule has 0 aromatic heterocycles. The molecule has 2 fully saturated rings. The first-order valence-corrected chi connectivity index (χ1v) is 6.61. The van der Waals surface area contributed by atoms with E-state index in [-0.39, 0.29) is 0 Å². The minimum Gasteiger partial charge on any atom is -0.316 e. The molecular weight excluding hydrogens is 253 g/mol. The zero-order chi connectivity index (χ0) is 13.5. The lowest BCUT2D eigenvalue weighted by atomic mass is 10.0. The molecule has 1 aromatic rings. The Morgan fingerprint density at radius 3 is 2.47 bits per heavy atom. The topological polar surface area (TPSA) is 15.3 Å². The third-order valence-corrected chi connectivity index (χ3v) is 4.13. The molecule has 19 heavy (non-hydrogen) atoms. The summed E-state index contributed by atoms with van der Waals surface area (Å²) in [6.07, 6.45) is -4.25. The Morgan fingerprint density at radius 1 is 1.16 bits per heavy atom. The van der Waals surface area contributed by atoms with Crippen LogP contribution in [0.3, 0.4) is 0 Å². The predicted molar refractivity (Wildman–Crippen MR) is 66.6 cm³/mol. The van der Waals surface area contributed by atoms with Crippen molar-refractivity contribution in [2.75, 3.05) is 26.2 Å². The average molecular weight is 270 g/mol. The molecule has 0 amide bonds. The third-order valence-electron chi connectivity index (χ3n) is 4.13. The number of hydrogen-bond acceptors (Lipinski definition) is 2. The van der Waals surface area contributed by atoms with E-state index in [4.69, 9.17) is 0 Å². The molecule has 3 rings (SSSR count). The van der Waals surface area contributed by atoms with Gasteiger partial charge in [-0.25, -0.2) is 0 Å². The minimum atomic E-state index is -4.25. The number of likely N-dealkylation sites (tertiary alicyclic amines) is 1. The Morgan fingerprint density at radius 2 is 1.84 bits per heavy atom. The molecule has 0 saturated carbocycles. The summed E-state index contributed by atoms with van der Waals surface area (Å²) in [5, 5.41) is 3.36. The number of alkyl halides is 3. The van der Waals surface area contributed by atoms with Gasteiger partial charge in [0.05, 0.1) is 5.56 Å². The Labute approximate surface area is 110 Å². The zero-order valence-electron chi connectivity index (χ0n) is 10.6. The lowest BCUT2D eigenvalue weighted by molar-refractivity contribution is -0.137. The van der Waals surface area contributed by atoms with E-state index in [0.717, 1.165) is 37.8 Å². The van der Waals surface area contributed by atoms with Gasteiger partial charge in [0.25, 0.3) is 0 Å². The molecule has 0 spiro atoms. The van der Waals surface area contributed by atoms with Crippen molar-refractivity contribution in [2.45, 2.75) is 12.7 Å². The van der Waals surface area contributed by atoms with Crippen LogP contribution in [0.2, 0.25) is 0 Å². The van der Waals surface area contributed by atoms with Gasteiger partial charge in [0.2, 0.25) is 0 Å². The summed E-state index contributed by atoms with van der Waals surface area (Å²) >= 11 is 0. The molecule has 5 heteroatoms. The maximum absolute atomic E-state index is 12.6. The lowest BCUT2D eigenvalue weighted by Gasteiger charge is -2.17. The monoisotopic (exact) mass is 270 g/mol. The van der Waals surface area contributed by atoms with Gasteiger partial charge in [-0.2, -0.15) is 13.2 Å². The summed E-state index contributed by atoms with van der Waals surface area (Å²) in [7, 11) is 0. The summed E-state index contributed by atoms with van der Waals surface area (Å²) in [5.41, 5.74) is 0.203. The summed E-state index contributed by atoms with van der Waals surface area (Å²) < 4.78 is 37.9. The zero-order valence-corrected chi connectivity index (χ0v) is 10.6. The summed E-state index contributed by atoms with van der Waals surface area (Å²) in [4.78, 5) is 2.27. The number of nitrogens with zero attached hydrogens (tertiary/aromatic N) is 1. The molecule has 2 saturated heterocycles. The second kappa shape index (κ2) is 4.80. The molecule has 2 heterocycles. The first kappa shape index (κ1) is 12.9. The molecule has 2 atom stereocenters. The number of nitrogens with one attached hydrogen (secondary N) is 1. The van der Waals surface area contributed by atoms with Crippen LogP contribution >= 0.6 is 0 Å². The number of halogens is 3. The molecule has 2 unspecified atom stereocenters. The fourth-order valence-corrected chi connectivity index (χ4v) is 3.19. The van der Waals surface area contributed by atoms with E-state index < -0.39 is 11.7 Å². The smallest absolute Gasteiger partial charge is 0.316 e. The fourth-order valence-electron chi connectivity index (χ4n) is 3.19. The number of rotatable bonds is 2. The van der Waals surface area contributed by atoms with Gasteiger partial charge in [-0.3, -0.25) is 4.90 Å². The van der Waals surface area contributed by atoms with Gasteiger partial charge < -0.3 is 5.32 Å². The summed E-state index contributed by atoms with van der Waals surface area (Å²) in [5.74, 6) is 1.34. The highest BCUT2D eigenvalue weighted by molar-refractivity contribution is 5.25. The van der Waals surface area contributed by atoms with Gasteiger partial charge in [0, 0.05) is 19.6 Å². The van der Waals surface area contributed by atoms with Crippen molar-refractivity contribution in [2.24, 2.45) is 11.8 Å². The van der Waals surface area contributed by atoms with E-state index in [0.29, 0.717) is 18.4 Å². The van der Waals surface area contributed by atoms with Crippen LogP contribution in [0.4, 0.5) is 13.2 Å². The van der Waals surface area contributed by atoms with Gasteiger partial charge in [-0.1, -0.05) is 18.2 Å². The predicted octanol–water partition coefficient (Wildman–Crippen LogP) is 2.36. The molecule has 2 aliphatic heterocycles. The quantitative estimate of drug-likeness (QED) is 0.887. The van der Waals surface area contributed by atoms with E-state index in [1.807, 2.05) is 0 Å². The van der Waals surface area contributed by atoms with Crippen LogP contribution in [0.1, 0.15) is 11.1 Å². The summed E-state index contributed by atoms with van der Waals surface area (Å²) in [6.45, 7) is 4.70. The molecule has 1 aromatic carbocycles. The van der Waals surface area contributed by atoms with Gasteiger partial charge in [-0.15, -0.1) is 0 Å². The Kier molecular flexibility index (Phi) is 3.27. The van der Waals surface area contributed by atoms with E-state index >= 15 is 0 Å². The van der Waals surface area contributed by atoms with Crippen molar-refractivity contribution in [1.82, 2.24) is 10.2 Å². The van der Waals surface area contributed by atoms with Crippen LogP contribution in [0.5, 0.6) is 0 Å². The second-order valence-corrected chi connectivity index (χ2v) is 5.57. The van der Waals surface area contributed by atoms with Gasteiger partial charge in [0.1, 0.15) is 0 Å². The van der Waals surface area contributed by atoms with Gasteiger partial charge in [-0.05, 0) is 36.6 Å². The van der Waals surface area contributed by atoms with Crippen molar-refractivity contribution in [1.29, 1.82) is 0 Å². The second-order valence-electron chi connectivity index (χ2n) is 5.57. The Hall–Kier alpha value is -1.07. The van der Waals surface area contributed by atoms with Crippen LogP contribution in [-0.2, 0) is 12.7 Å². The van der Waals surface area contributed by atoms with Crippen molar-refractivity contribution < 1.29 is 13.2 Å². The number of benzene rings is 1. The Bertz CT molecular complexity index is 446. The molecule has 0 aliphatic carbocycles.